The molecule has 0 bridgehead atoms. The third-order valence-electron chi connectivity index (χ3n) is 8.53. The van der Waals surface area contributed by atoms with Crippen LogP contribution >= 0.6 is 11.3 Å². The van der Waals surface area contributed by atoms with E-state index in [1.165, 1.54) is 26.4 Å². The minimum Gasteiger partial charge on any atom is -0.256 e. The predicted octanol–water partition coefficient (Wildman–Crippen LogP) is 11.2. The molecule has 0 aliphatic carbocycles. The quantitative estimate of drug-likeness (QED) is 0.191. The third-order valence-corrected chi connectivity index (χ3v) is 9.70. The van der Waals surface area contributed by atoms with Crippen LogP contribution < -0.4 is 0 Å². The number of pyridine rings is 1. The zero-order chi connectivity index (χ0) is 29.7. The fraction of sp³-hybridized carbons (Fsp3) is 0. The van der Waals surface area contributed by atoms with Gasteiger partial charge in [0.15, 0.2) is 5.82 Å². The molecule has 0 N–H and O–H groups in total. The van der Waals surface area contributed by atoms with Gasteiger partial charge in [0.25, 0.3) is 0 Å². The number of fused-ring (bicyclic) bond motifs is 6. The molecule has 0 saturated heterocycles. The first kappa shape index (κ1) is 25.8. The second kappa shape index (κ2) is 10.5. The van der Waals surface area contributed by atoms with E-state index in [0.717, 1.165) is 60.5 Å². The Morgan fingerprint density at radius 3 is 1.98 bits per heavy atom. The van der Waals surface area contributed by atoms with Gasteiger partial charge in [-0.1, -0.05) is 127 Å². The van der Waals surface area contributed by atoms with Crippen LogP contribution in [0.5, 0.6) is 0 Å². The summed E-state index contributed by atoms with van der Waals surface area (Å²) in [6.07, 6.45) is 1.96. The van der Waals surface area contributed by atoms with Crippen LogP contribution in [0.4, 0.5) is 0 Å². The van der Waals surface area contributed by atoms with Crippen LogP contribution in [-0.4, -0.2) is 15.0 Å². The molecule has 9 rings (SSSR count). The smallest absolute Gasteiger partial charge is 0.160 e. The van der Waals surface area contributed by atoms with E-state index >= 15 is 0 Å². The van der Waals surface area contributed by atoms with E-state index in [1.807, 2.05) is 12.3 Å². The average Bonchev–Trinajstić information content (AvgIpc) is 3.50. The molecule has 0 fully saturated rings. The molecule has 45 heavy (non-hydrogen) atoms. The minimum atomic E-state index is 0.737. The third kappa shape index (κ3) is 4.46. The highest BCUT2D eigenvalue weighted by Crippen LogP contribution is 2.39. The van der Waals surface area contributed by atoms with E-state index in [0.29, 0.717) is 0 Å². The lowest BCUT2D eigenvalue weighted by Gasteiger charge is -2.10. The molecule has 0 radical (unpaired) electrons. The van der Waals surface area contributed by atoms with Gasteiger partial charge in [0.1, 0.15) is 0 Å². The molecule has 3 heterocycles. The van der Waals surface area contributed by atoms with Gasteiger partial charge in [0, 0.05) is 38.2 Å². The first-order valence-corrected chi connectivity index (χ1v) is 15.8. The molecule has 3 aromatic heterocycles. The van der Waals surface area contributed by atoms with E-state index in [-0.39, 0.29) is 0 Å². The van der Waals surface area contributed by atoms with Crippen LogP contribution in [0, 0.1) is 0 Å². The van der Waals surface area contributed by atoms with E-state index in [1.54, 1.807) is 11.3 Å². The zero-order valence-electron chi connectivity index (χ0n) is 24.2. The summed E-state index contributed by atoms with van der Waals surface area (Å²) in [5.41, 5.74) is 9.72. The van der Waals surface area contributed by atoms with Crippen LogP contribution in [-0.2, 0) is 0 Å². The Hall–Kier alpha value is -5.71. The minimum absolute atomic E-state index is 0.737. The van der Waals surface area contributed by atoms with Crippen molar-refractivity contribution in [2.45, 2.75) is 0 Å². The van der Waals surface area contributed by atoms with Crippen LogP contribution in [0.2, 0.25) is 0 Å². The summed E-state index contributed by atoms with van der Waals surface area (Å²) in [4.78, 5) is 15.0. The molecular formula is C41H25N3S. The number of benzene rings is 6. The Bertz CT molecular complexity index is 2530. The lowest BCUT2D eigenvalue weighted by Crippen LogP contribution is -1.93. The summed E-state index contributed by atoms with van der Waals surface area (Å²) in [6.45, 7) is 0. The van der Waals surface area contributed by atoms with E-state index in [9.17, 15) is 0 Å². The van der Waals surface area contributed by atoms with Crippen LogP contribution in [0.25, 0.3) is 86.9 Å². The fourth-order valence-electron chi connectivity index (χ4n) is 6.24. The average molecular weight is 592 g/mol. The lowest BCUT2D eigenvalue weighted by atomic mass is 9.97. The van der Waals surface area contributed by atoms with Gasteiger partial charge in [0.2, 0.25) is 0 Å². The predicted molar refractivity (Wildman–Crippen MR) is 189 cm³/mol. The van der Waals surface area contributed by atoms with E-state index < -0.39 is 0 Å². The Morgan fingerprint density at radius 1 is 0.444 bits per heavy atom. The summed E-state index contributed by atoms with van der Waals surface area (Å²) >= 11 is 1.76. The van der Waals surface area contributed by atoms with E-state index in [2.05, 4.69) is 140 Å². The van der Waals surface area contributed by atoms with Crippen LogP contribution in [0.1, 0.15) is 0 Å². The number of thiophene rings is 1. The summed E-state index contributed by atoms with van der Waals surface area (Å²) in [7, 11) is 0. The molecule has 0 amide bonds. The van der Waals surface area contributed by atoms with Crippen molar-refractivity contribution < 1.29 is 0 Å². The molecule has 0 unspecified atom stereocenters. The second-order valence-corrected chi connectivity index (χ2v) is 12.3. The van der Waals surface area contributed by atoms with Crippen LogP contribution in [0.15, 0.2) is 152 Å². The van der Waals surface area contributed by atoms with Crippen molar-refractivity contribution in [3.8, 4) is 44.9 Å². The highest BCUT2D eigenvalue weighted by molar-refractivity contribution is 7.26. The summed E-state index contributed by atoms with van der Waals surface area (Å²) in [5, 5.41) is 4.74. The molecule has 6 aromatic carbocycles. The summed E-state index contributed by atoms with van der Waals surface area (Å²) in [5.74, 6) is 0.737. The normalized spacial score (nSPS) is 11.6. The fourth-order valence-corrected chi connectivity index (χ4v) is 7.40. The van der Waals surface area contributed by atoms with Crippen molar-refractivity contribution >= 4 is 53.3 Å². The zero-order valence-corrected chi connectivity index (χ0v) is 25.0. The number of aromatic nitrogens is 3. The highest BCUT2D eigenvalue weighted by Gasteiger charge is 2.16. The Morgan fingerprint density at radius 2 is 1.11 bits per heavy atom. The second-order valence-electron chi connectivity index (χ2n) is 11.3. The highest BCUT2D eigenvalue weighted by atomic mass is 32.1. The number of rotatable bonds is 4. The van der Waals surface area contributed by atoms with Crippen molar-refractivity contribution in [2.75, 3.05) is 0 Å². The molecule has 4 heteroatoms. The molecule has 3 nitrogen and oxygen atoms in total. The number of hydrogen-bond donors (Lipinski definition) is 0. The first-order valence-electron chi connectivity index (χ1n) is 15.0. The van der Waals surface area contributed by atoms with E-state index in [4.69, 9.17) is 15.0 Å². The van der Waals surface area contributed by atoms with Crippen molar-refractivity contribution in [1.29, 1.82) is 0 Å². The molecule has 0 saturated carbocycles. The molecule has 0 spiro atoms. The maximum absolute atomic E-state index is 5.13. The molecule has 9 aromatic rings. The van der Waals surface area contributed by atoms with Gasteiger partial charge in [0.05, 0.1) is 21.4 Å². The topological polar surface area (TPSA) is 38.7 Å². The molecule has 0 aliphatic rings. The Kier molecular flexibility index (Phi) is 6.00. The molecule has 0 aliphatic heterocycles. The summed E-state index contributed by atoms with van der Waals surface area (Å²) in [6, 6.07) is 51.2. The molecule has 210 valence electrons. The largest absolute Gasteiger partial charge is 0.256 e. The van der Waals surface area contributed by atoms with Gasteiger partial charge in [-0.2, -0.15) is 0 Å². The van der Waals surface area contributed by atoms with Gasteiger partial charge < -0.3 is 0 Å². The van der Waals surface area contributed by atoms with Crippen molar-refractivity contribution in [3.05, 3.63) is 152 Å². The number of nitrogens with zero attached hydrogens (tertiary/aromatic N) is 3. The van der Waals surface area contributed by atoms with Gasteiger partial charge in [-0.15, -0.1) is 11.3 Å². The Balaban J connectivity index is 1.09. The first-order chi connectivity index (χ1) is 22.3. The van der Waals surface area contributed by atoms with Gasteiger partial charge >= 0.3 is 0 Å². The number of hydrogen-bond acceptors (Lipinski definition) is 4. The maximum atomic E-state index is 5.13. The van der Waals surface area contributed by atoms with Crippen molar-refractivity contribution in [2.24, 2.45) is 0 Å². The van der Waals surface area contributed by atoms with Gasteiger partial charge in [-0.05, 0) is 45.8 Å². The maximum Gasteiger partial charge on any atom is 0.160 e. The molecular weight excluding hydrogens is 567 g/mol. The molecule has 0 atom stereocenters. The SMILES string of the molecule is c1ccc(-c2nc(-c3ccc(-c4cccc(-c5ccc6c(c5)ncc5ccccc56)c4)cc3)nc3c2sc2ccccc23)cc1. The van der Waals surface area contributed by atoms with Gasteiger partial charge in [-0.3, -0.25) is 4.98 Å². The monoisotopic (exact) mass is 591 g/mol. The summed E-state index contributed by atoms with van der Waals surface area (Å²) < 4.78 is 2.35. The van der Waals surface area contributed by atoms with Crippen molar-refractivity contribution in [3.63, 3.8) is 0 Å². The standard InChI is InChI=1S/C41H25N3S/c1-2-9-27(10-3-1)38-40-39(35-15-6-7-16-37(35)45-40)44-41(43-38)28-19-17-26(18-20-28)29-12-8-13-30(23-29)31-21-22-34-33-14-5-4-11-32(33)25-42-36(34)24-31/h1-25H. The van der Waals surface area contributed by atoms with Crippen molar-refractivity contribution in [1.82, 2.24) is 15.0 Å². The lowest BCUT2D eigenvalue weighted by molar-refractivity contribution is 1.24. The van der Waals surface area contributed by atoms with Gasteiger partial charge in [-0.25, -0.2) is 9.97 Å². The van der Waals surface area contributed by atoms with Crippen LogP contribution in [0.3, 0.4) is 0 Å². The Labute approximate surface area is 264 Å².